The number of benzene rings is 3. The molecule has 0 saturated carbocycles. The van der Waals surface area contributed by atoms with E-state index in [4.69, 9.17) is 16.3 Å². The summed E-state index contributed by atoms with van der Waals surface area (Å²) < 4.78 is 5.21. The number of methoxy groups -OCH3 is 1. The van der Waals surface area contributed by atoms with Crippen molar-refractivity contribution in [2.75, 3.05) is 25.5 Å². The van der Waals surface area contributed by atoms with E-state index in [2.05, 4.69) is 35.7 Å². The highest BCUT2D eigenvalue weighted by molar-refractivity contribution is 6.32. The fourth-order valence-electron chi connectivity index (χ4n) is 4.11. The third kappa shape index (κ3) is 4.98. The number of carbonyl (C=O) groups is 1. The Hall–Kier alpha value is -3.08. The molecule has 0 spiro atoms. The Morgan fingerprint density at radius 2 is 1.74 bits per heavy atom. The number of hydrogen-bond acceptors (Lipinski definition) is 2. The Morgan fingerprint density at radius 3 is 2.35 bits per heavy atom. The fourth-order valence-corrected chi connectivity index (χ4v) is 4.36. The molecule has 3 aromatic rings. The molecule has 158 valence electrons. The minimum Gasteiger partial charge on any atom is -0.495 e. The van der Waals surface area contributed by atoms with Gasteiger partial charge in [0.1, 0.15) is 5.75 Å². The zero-order valence-corrected chi connectivity index (χ0v) is 18.2. The van der Waals surface area contributed by atoms with E-state index in [0.717, 1.165) is 25.1 Å². The molecule has 1 heterocycles. The Balaban J connectivity index is 1.56. The van der Waals surface area contributed by atoms with Gasteiger partial charge >= 0.3 is 0 Å². The van der Waals surface area contributed by atoms with Gasteiger partial charge < -0.3 is 15.0 Å². The first-order chi connectivity index (χ1) is 15.2. The van der Waals surface area contributed by atoms with Gasteiger partial charge in [0.15, 0.2) is 6.04 Å². The Bertz CT molecular complexity index is 1070. The lowest BCUT2D eigenvalue weighted by Gasteiger charge is -2.30. The summed E-state index contributed by atoms with van der Waals surface area (Å²) in [7, 11) is 1.57. The average Bonchev–Trinajstić information content (AvgIpc) is 2.81. The lowest BCUT2D eigenvalue weighted by Crippen LogP contribution is -3.13. The molecule has 2 N–H and O–H groups in total. The van der Waals surface area contributed by atoms with Crippen molar-refractivity contribution in [1.82, 2.24) is 0 Å². The highest BCUT2D eigenvalue weighted by Crippen LogP contribution is 2.28. The summed E-state index contributed by atoms with van der Waals surface area (Å²) >= 11 is 6.24. The number of hydrogen-bond donors (Lipinski definition) is 2. The molecule has 0 aromatic heterocycles. The maximum absolute atomic E-state index is 13.4. The molecule has 3 aromatic carbocycles. The number of rotatable bonds is 6. The summed E-state index contributed by atoms with van der Waals surface area (Å²) in [5.74, 6) is 0.540. The highest BCUT2D eigenvalue weighted by atomic mass is 35.5. The summed E-state index contributed by atoms with van der Waals surface area (Å²) in [6, 6.07) is 25.4. The molecular formula is C26H26ClN2O2+. The SMILES string of the molecule is COc1ccc(NC(=O)[C@H](c2ccccc2)[NH+]2CC=C(c3ccccc3)CC2)cc1Cl. The predicted octanol–water partition coefficient (Wildman–Crippen LogP) is 4.40. The van der Waals surface area contributed by atoms with Crippen LogP contribution in [-0.4, -0.2) is 26.1 Å². The Labute approximate surface area is 188 Å². The van der Waals surface area contributed by atoms with Gasteiger partial charge in [0.05, 0.1) is 25.2 Å². The van der Waals surface area contributed by atoms with E-state index in [1.54, 1.807) is 19.2 Å². The number of nitrogens with one attached hydrogen (secondary N) is 2. The molecule has 0 aliphatic carbocycles. The largest absolute Gasteiger partial charge is 0.495 e. The number of carbonyl (C=O) groups excluding carboxylic acids is 1. The van der Waals surface area contributed by atoms with Crippen LogP contribution in [0.5, 0.6) is 5.75 Å². The van der Waals surface area contributed by atoms with Crippen molar-refractivity contribution < 1.29 is 14.4 Å². The number of halogens is 1. The molecule has 0 saturated heterocycles. The first-order valence-electron chi connectivity index (χ1n) is 10.4. The van der Waals surface area contributed by atoms with Gasteiger partial charge in [-0.15, -0.1) is 0 Å². The third-order valence-electron chi connectivity index (χ3n) is 5.69. The minimum absolute atomic E-state index is 0.0426. The molecule has 0 radical (unpaired) electrons. The molecule has 1 unspecified atom stereocenters. The number of anilines is 1. The van der Waals surface area contributed by atoms with E-state index in [1.165, 1.54) is 16.0 Å². The summed E-state index contributed by atoms with van der Waals surface area (Å²) in [5.41, 5.74) is 4.27. The van der Waals surface area contributed by atoms with Gasteiger partial charge in [-0.3, -0.25) is 4.79 Å². The van der Waals surface area contributed by atoms with E-state index >= 15 is 0 Å². The normalized spacial score (nSPS) is 16.8. The molecule has 2 atom stereocenters. The summed E-state index contributed by atoms with van der Waals surface area (Å²) in [5, 5.41) is 3.52. The number of ether oxygens (including phenoxy) is 1. The van der Waals surface area contributed by atoms with E-state index < -0.39 is 0 Å². The Kier molecular flexibility index (Phi) is 6.70. The van der Waals surface area contributed by atoms with Crippen LogP contribution in [0, 0.1) is 0 Å². The molecule has 1 aliphatic rings. The average molecular weight is 434 g/mol. The van der Waals surface area contributed by atoms with Crippen molar-refractivity contribution in [3.63, 3.8) is 0 Å². The van der Waals surface area contributed by atoms with Gasteiger partial charge in [-0.1, -0.05) is 72.3 Å². The molecule has 1 aliphatic heterocycles. The monoisotopic (exact) mass is 433 g/mol. The van der Waals surface area contributed by atoms with Crippen LogP contribution in [0.2, 0.25) is 5.02 Å². The second-order valence-corrected chi connectivity index (χ2v) is 8.05. The molecule has 31 heavy (non-hydrogen) atoms. The maximum atomic E-state index is 13.4. The molecule has 5 heteroatoms. The van der Waals surface area contributed by atoms with Gasteiger partial charge in [-0.25, -0.2) is 0 Å². The van der Waals surface area contributed by atoms with Crippen molar-refractivity contribution in [3.8, 4) is 5.75 Å². The zero-order valence-electron chi connectivity index (χ0n) is 17.5. The topological polar surface area (TPSA) is 42.8 Å². The van der Waals surface area contributed by atoms with E-state index in [0.29, 0.717) is 16.5 Å². The number of amides is 1. The van der Waals surface area contributed by atoms with Gasteiger partial charge in [-0.2, -0.15) is 0 Å². The van der Waals surface area contributed by atoms with Gasteiger partial charge in [0.2, 0.25) is 0 Å². The third-order valence-corrected chi connectivity index (χ3v) is 5.99. The van der Waals surface area contributed by atoms with Crippen LogP contribution < -0.4 is 15.0 Å². The van der Waals surface area contributed by atoms with Crippen molar-refractivity contribution in [3.05, 3.63) is 101 Å². The van der Waals surface area contributed by atoms with Crippen molar-refractivity contribution in [2.45, 2.75) is 12.5 Å². The molecule has 0 fully saturated rings. The van der Waals surface area contributed by atoms with Gasteiger partial charge in [0.25, 0.3) is 5.91 Å². The second-order valence-electron chi connectivity index (χ2n) is 7.64. The predicted molar refractivity (Wildman–Crippen MR) is 126 cm³/mol. The molecular weight excluding hydrogens is 408 g/mol. The second kappa shape index (κ2) is 9.82. The van der Waals surface area contributed by atoms with Crippen molar-refractivity contribution in [1.29, 1.82) is 0 Å². The smallest absolute Gasteiger partial charge is 0.287 e. The van der Waals surface area contributed by atoms with E-state index in [-0.39, 0.29) is 11.9 Å². The standard InChI is InChI=1S/C26H25ClN2O2/c1-31-24-13-12-22(18-23(24)27)28-26(30)25(21-10-6-3-7-11-21)29-16-14-20(15-17-29)19-8-4-2-5-9-19/h2-14,18,25H,15-17H2,1H3,(H,28,30)/p+1/t25-/m0/s1. The van der Waals surface area contributed by atoms with Crippen LogP contribution in [-0.2, 0) is 4.79 Å². The highest BCUT2D eigenvalue weighted by Gasteiger charge is 2.33. The molecule has 1 amide bonds. The molecule has 0 bridgehead atoms. The maximum Gasteiger partial charge on any atom is 0.287 e. The first kappa shape index (κ1) is 21.2. The summed E-state index contributed by atoms with van der Waals surface area (Å²) in [6.07, 6.45) is 3.20. The Morgan fingerprint density at radius 1 is 1.03 bits per heavy atom. The van der Waals surface area contributed by atoms with E-state index in [9.17, 15) is 4.79 Å². The van der Waals surface area contributed by atoms with Crippen LogP contribution in [0.3, 0.4) is 0 Å². The van der Waals surface area contributed by atoms with Crippen LogP contribution in [0.1, 0.15) is 23.6 Å². The zero-order chi connectivity index (χ0) is 21.6. The van der Waals surface area contributed by atoms with Gasteiger partial charge in [0, 0.05) is 17.7 Å². The summed E-state index contributed by atoms with van der Waals surface area (Å²) in [4.78, 5) is 14.6. The first-order valence-corrected chi connectivity index (χ1v) is 10.8. The van der Waals surface area contributed by atoms with Crippen LogP contribution in [0.25, 0.3) is 5.57 Å². The molecule has 4 rings (SSSR count). The lowest BCUT2D eigenvalue weighted by molar-refractivity contribution is -0.916. The number of quaternary nitrogens is 1. The van der Waals surface area contributed by atoms with Crippen molar-refractivity contribution in [2.24, 2.45) is 0 Å². The van der Waals surface area contributed by atoms with Crippen LogP contribution in [0.15, 0.2) is 84.9 Å². The van der Waals surface area contributed by atoms with E-state index in [1.807, 2.05) is 42.5 Å². The summed E-state index contributed by atoms with van der Waals surface area (Å²) in [6.45, 7) is 1.68. The quantitative estimate of drug-likeness (QED) is 0.605. The van der Waals surface area contributed by atoms with Crippen LogP contribution >= 0.6 is 11.6 Å². The minimum atomic E-state index is -0.310. The fraction of sp³-hybridized carbons (Fsp3) is 0.192. The van der Waals surface area contributed by atoms with Crippen molar-refractivity contribution >= 4 is 28.8 Å². The molecule has 4 nitrogen and oxygen atoms in total. The van der Waals surface area contributed by atoms with Gasteiger partial charge in [-0.05, 0) is 35.4 Å². The lowest BCUT2D eigenvalue weighted by atomic mass is 9.96. The van der Waals surface area contributed by atoms with Crippen LogP contribution in [0.4, 0.5) is 5.69 Å².